The normalized spacial score (nSPS) is 15.5. The molecule has 0 atom stereocenters. The van der Waals surface area contributed by atoms with Crippen LogP contribution in [0.2, 0.25) is 0 Å². The van der Waals surface area contributed by atoms with E-state index in [4.69, 9.17) is 9.47 Å². The van der Waals surface area contributed by atoms with Crippen molar-refractivity contribution < 1.29 is 27.4 Å². The number of likely N-dealkylation sites (tertiary alicyclic amines) is 1. The first-order chi connectivity index (χ1) is 14.5. The lowest BCUT2D eigenvalue weighted by molar-refractivity contribution is -0.137. The van der Waals surface area contributed by atoms with E-state index in [0.29, 0.717) is 31.7 Å². The highest BCUT2D eigenvalue weighted by molar-refractivity contribution is 5.68. The molecule has 1 aliphatic rings. The average molecular weight is 436 g/mol. The van der Waals surface area contributed by atoms with Crippen LogP contribution in [-0.4, -0.2) is 39.5 Å². The maximum Gasteiger partial charge on any atom is 0.416 e. The van der Waals surface area contributed by atoms with E-state index < -0.39 is 17.3 Å². The van der Waals surface area contributed by atoms with E-state index in [1.165, 1.54) is 6.20 Å². The van der Waals surface area contributed by atoms with Gasteiger partial charge in [-0.3, -0.25) is 4.68 Å². The lowest BCUT2D eigenvalue weighted by atomic mass is 10.1. The quantitative estimate of drug-likeness (QED) is 0.666. The van der Waals surface area contributed by atoms with Crippen molar-refractivity contribution in [1.29, 1.82) is 5.26 Å². The number of benzene rings is 1. The van der Waals surface area contributed by atoms with Gasteiger partial charge in [-0.15, -0.1) is 0 Å². The summed E-state index contributed by atoms with van der Waals surface area (Å²) in [7, 11) is 0. The summed E-state index contributed by atoms with van der Waals surface area (Å²) in [6.45, 7) is 6.49. The van der Waals surface area contributed by atoms with Crippen LogP contribution in [0.4, 0.5) is 18.0 Å². The minimum absolute atomic E-state index is 0.0230. The Morgan fingerprint density at radius 3 is 2.48 bits per heavy atom. The van der Waals surface area contributed by atoms with Gasteiger partial charge >= 0.3 is 12.3 Å². The van der Waals surface area contributed by atoms with Gasteiger partial charge in [0.1, 0.15) is 17.4 Å². The number of nitriles is 1. The first-order valence-electron chi connectivity index (χ1n) is 9.77. The first kappa shape index (κ1) is 22.5. The number of ether oxygens (including phenoxy) is 2. The standard InChI is InChI=1S/C21H23F3N4O3/c1-20(2,3)31-19(29)27-8-6-16(7-9-27)28-13-17(12-26-28)30-18-5-4-15(21(22,23)24)10-14(18)11-25/h4-5,10,12-13,16H,6-9H2,1-3H3. The summed E-state index contributed by atoms with van der Waals surface area (Å²) in [5.41, 5.74) is -1.68. The van der Waals surface area contributed by atoms with E-state index in [-0.39, 0.29) is 23.4 Å². The molecule has 2 heterocycles. The molecule has 7 nitrogen and oxygen atoms in total. The molecule has 3 rings (SSSR count). The number of nitrogens with zero attached hydrogens (tertiary/aromatic N) is 4. The highest BCUT2D eigenvalue weighted by Gasteiger charge is 2.31. The number of hydrogen-bond acceptors (Lipinski definition) is 5. The molecule has 1 saturated heterocycles. The summed E-state index contributed by atoms with van der Waals surface area (Å²) >= 11 is 0. The van der Waals surface area contributed by atoms with Gasteiger partial charge in [0.15, 0.2) is 5.75 Å². The summed E-state index contributed by atoms with van der Waals surface area (Å²) in [4.78, 5) is 13.8. The van der Waals surface area contributed by atoms with Gasteiger partial charge in [0, 0.05) is 13.1 Å². The highest BCUT2D eigenvalue weighted by atomic mass is 19.4. The average Bonchev–Trinajstić information content (AvgIpc) is 3.15. The molecule has 2 aromatic rings. The lowest BCUT2D eigenvalue weighted by Gasteiger charge is -2.33. The van der Waals surface area contributed by atoms with Crippen molar-refractivity contribution in [3.63, 3.8) is 0 Å². The number of halogens is 3. The van der Waals surface area contributed by atoms with Gasteiger partial charge in [0.2, 0.25) is 0 Å². The smallest absolute Gasteiger partial charge is 0.416 e. The largest absolute Gasteiger partial charge is 0.453 e. The number of carbonyl (C=O) groups is 1. The van der Waals surface area contributed by atoms with Crippen LogP contribution in [0.15, 0.2) is 30.6 Å². The Kier molecular flexibility index (Phi) is 6.15. The number of amides is 1. The molecule has 0 N–H and O–H groups in total. The van der Waals surface area contributed by atoms with Crippen LogP contribution in [0.5, 0.6) is 11.5 Å². The van der Waals surface area contributed by atoms with Crippen molar-refractivity contribution in [1.82, 2.24) is 14.7 Å². The predicted octanol–water partition coefficient (Wildman–Crippen LogP) is 5.14. The summed E-state index contributed by atoms with van der Waals surface area (Å²) < 4.78 is 51.2. The van der Waals surface area contributed by atoms with Crippen molar-refractivity contribution in [2.75, 3.05) is 13.1 Å². The molecule has 0 radical (unpaired) electrons. The second-order valence-corrected chi connectivity index (χ2v) is 8.28. The maximum absolute atomic E-state index is 12.8. The van der Waals surface area contributed by atoms with E-state index in [1.54, 1.807) is 21.8 Å². The van der Waals surface area contributed by atoms with Gasteiger partial charge < -0.3 is 14.4 Å². The number of alkyl halides is 3. The van der Waals surface area contributed by atoms with Crippen molar-refractivity contribution in [3.8, 4) is 17.6 Å². The van der Waals surface area contributed by atoms with E-state index >= 15 is 0 Å². The van der Waals surface area contributed by atoms with E-state index in [0.717, 1.165) is 18.2 Å². The molecule has 0 spiro atoms. The van der Waals surface area contributed by atoms with Crippen molar-refractivity contribution >= 4 is 6.09 Å². The number of aromatic nitrogens is 2. The number of rotatable bonds is 3. The second-order valence-electron chi connectivity index (χ2n) is 8.28. The molecule has 1 amide bonds. The third-order valence-electron chi connectivity index (χ3n) is 4.72. The minimum Gasteiger partial charge on any atom is -0.453 e. The van der Waals surface area contributed by atoms with Crippen LogP contribution < -0.4 is 4.74 Å². The Labute approximate surface area is 178 Å². The lowest BCUT2D eigenvalue weighted by Crippen LogP contribution is -2.42. The molecular weight excluding hydrogens is 413 g/mol. The first-order valence-corrected chi connectivity index (χ1v) is 9.77. The highest BCUT2D eigenvalue weighted by Crippen LogP contribution is 2.34. The SMILES string of the molecule is CC(C)(C)OC(=O)N1CCC(n2cc(Oc3ccc(C(F)(F)F)cc3C#N)cn2)CC1. The zero-order chi connectivity index (χ0) is 22.8. The zero-order valence-electron chi connectivity index (χ0n) is 17.4. The molecule has 10 heteroatoms. The Morgan fingerprint density at radius 2 is 1.90 bits per heavy atom. The fraction of sp³-hybridized carbons (Fsp3) is 0.476. The van der Waals surface area contributed by atoms with E-state index in [2.05, 4.69) is 5.10 Å². The summed E-state index contributed by atoms with van der Waals surface area (Å²) in [5.74, 6) is 0.334. The van der Waals surface area contributed by atoms with Gasteiger partial charge in [-0.25, -0.2) is 4.79 Å². The van der Waals surface area contributed by atoms with Crippen LogP contribution in [0.1, 0.15) is 50.8 Å². The fourth-order valence-electron chi connectivity index (χ4n) is 3.22. The molecule has 1 aromatic heterocycles. The van der Waals surface area contributed by atoms with Crippen molar-refractivity contribution in [3.05, 3.63) is 41.7 Å². The third-order valence-corrected chi connectivity index (χ3v) is 4.72. The molecule has 0 bridgehead atoms. The second kappa shape index (κ2) is 8.49. The molecule has 0 unspecified atom stereocenters. The molecular formula is C21H23F3N4O3. The zero-order valence-corrected chi connectivity index (χ0v) is 17.4. The molecule has 166 valence electrons. The van der Waals surface area contributed by atoms with Crippen LogP contribution >= 0.6 is 0 Å². The Hall–Kier alpha value is -3.22. The van der Waals surface area contributed by atoms with Crippen LogP contribution in [0.25, 0.3) is 0 Å². The molecule has 1 aromatic carbocycles. The third kappa shape index (κ3) is 5.69. The minimum atomic E-state index is -4.54. The number of hydrogen-bond donors (Lipinski definition) is 0. The van der Waals surface area contributed by atoms with E-state index in [9.17, 15) is 23.2 Å². The maximum atomic E-state index is 12.8. The van der Waals surface area contributed by atoms with Gasteiger partial charge in [-0.2, -0.15) is 23.5 Å². The topological polar surface area (TPSA) is 80.4 Å². The van der Waals surface area contributed by atoms with Crippen LogP contribution in [0, 0.1) is 11.3 Å². The fourth-order valence-corrected chi connectivity index (χ4v) is 3.22. The van der Waals surface area contributed by atoms with Gasteiger partial charge in [-0.1, -0.05) is 0 Å². The van der Waals surface area contributed by atoms with Gasteiger partial charge in [0.05, 0.1) is 29.6 Å². The predicted molar refractivity (Wildman–Crippen MR) is 105 cm³/mol. The Bertz CT molecular complexity index is 981. The number of piperidine rings is 1. The molecule has 0 saturated carbocycles. The van der Waals surface area contributed by atoms with Gasteiger partial charge in [-0.05, 0) is 51.8 Å². The molecule has 1 fully saturated rings. The monoisotopic (exact) mass is 436 g/mol. The summed E-state index contributed by atoms with van der Waals surface area (Å²) in [6, 6.07) is 4.52. The van der Waals surface area contributed by atoms with Gasteiger partial charge in [0.25, 0.3) is 0 Å². The van der Waals surface area contributed by atoms with Crippen LogP contribution in [0.3, 0.4) is 0 Å². The molecule has 31 heavy (non-hydrogen) atoms. The Morgan fingerprint density at radius 1 is 1.23 bits per heavy atom. The molecule has 0 aliphatic carbocycles. The van der Waals surface area contributed by atoms with Crippen molar-refractivity contribution in [2.24, 2.45) is 0 Å². The Balaban J connectivity index is 1.63. The van der Waals surface area contributed by atoms with Crippen molar-refractivity contribution in [2.45, 2.75) is 51.4 Å². The van der Waals surface area contributed by atoms with Crippen LogP contribution in [-0.2, 0) is 10.9 Å². The summed E-state index contributed by atoms with van der Waals surface area (Å²) in [6.07, 6.45) is -0.468. The molecule has 1 aliphatic heterocycles. The number of carbonyl (C=O) groups excluding carboxylic acids is 1. The summed E-state index contributed by atoms with van der Waals surface area (Å²) in [5, 5.41) is 13.4. The van der Waals surface area contributed by atoms with E-state index in [1.807, 2.05) is 20.8 Å².